The Balaban J connectivity index is 2.16. The molecule has 0 saturated heterocycles. The van der Waals surface area contributed by atoms with E-state index in [9.17, 15) is 4.79 Å². The van der Waals surface area contributed by atoms with E-state index >= 15 is 0 Å². The average Bonchev–Trinajstić information content (AvgIpc) is 2.17. The van der Waals surface area contributed by atoms with Crippen LogP contribution in [0.1, 0.15) is 39.5 Å². The van der Waals surface area contributed by atoms with Crippen LogP contribution < -0.4 is 0 Å². The van der Waals surface area contributed by atoms with Crippen LogP contribution in [0, 0.1) is 23.2 Å². The second-order valence-electron chi connectivity index (χ2n) is 5.54. The van der Waals surface area contributed by atoms with Gasteiger partial charge in [-0.2, -0.15) is 0 Å². The highest BCUT2D eigenvalue weighted by molar-refractivity contribution is 5.53. The second kappa shape index (κ2) is 3.52. The molecule has 3 atom stereocenters. The monoisotopic (exact) mass is 192 g/mol. The number of hydrogen-bond donors (Lipinski definition) is 0. The zero-order chi connectivity index (χ0) is 10.2. The lowest BCUT2D eigenvalue weighted by Gasteiger charge is -2.45. The minimum Gasteiger partial charge on any atom is -0.303 e. The van der Waals surface area contributed by atoms with E-state index in [2.05, 4.69) is 26.0 Å². The molecule has 0 bridgehead atoms. The van der Waals surface area contributed by atoms with Crippen molar-refractivity contribution in [3.05, 3.63) is 12.2 Å². The average molecular weight is 192 g/mol. The van der Waals surface area contributed by atoms with E-state index in [-0.39, 0.29) is 0 Å². The Morgan fingerprint density at radius 3 is 2.86 bits per heavy atom. The molecule has 2 aliphatic rings. The standard InChI is InChI=1S/C13H20O/c1-13(2)7-3-4-11-6-5-10(9-14)8-12(11)13/h3,7,9-12H,4-6,8H2,1-2H3. The predicted octanol–water partition coefficient (Wildman–Crippen LogP) is 3.20. The highest BCUT2D eigenvalue weighted by Crippen LogP contribution is 2.48. The van der Waals surface area contributed by atoms with Crippen molar-refractivity contribution in [1.29, 1.82) is 0 Å². The lowest BCUT2D eigenvalue weighted by Crippen LogP contribution is -2.37. The summed E-state index contributed by atoms with van der Waals surface area (Å²) in [5, 5.41) is 0. The van der Waals surface area contributed by atoms with Crippen molar-refractivity contribution in [2.24, 2.45) is 23.2 Å². The Morgan fingerprint density at radius 1 is 1.36 bits per heavy atom. The second-order valence-corrected chi connectivity index (χ2v) is 5.54. The first-order valence-electron chi connectivity index (χ1n) is 5.76. The first-order chi connectivity index (χ1) is 6.63. The van der Waals surface area contributed by atoms with Crippen molar-refractivity contribution in [1.82, 2.24) is 0 Å². The molecule has 1 saturated carbocycles. The maximum absolute atomic E-state index is 10.8. The molecule has 0 spiro atoms. The fourth-order valence-corrected chi connectivity index (χ4v) is 3.25. The normalized spacial score (nSPS) is 40.3. The number of hydrogen-bond acceptors (Lipinski definition) is 1. The van der Waals surface area contributed by atoms with E-state index in [1.165, 1.54) is 19.1 Å². The van der Waals surface area contributed by atoms with Crippen molar-refractivity contribution < 1.29 is 4.79 Å². The van der Waals surface area contributed by atoms with Crippen molar-refractivity contribution >= 4 is 6.29 Å². The van der Waals surface area contributed by atoms with Gasteiger partial charge in [-0.05, 0) is 42.9 Å². The Morgan fingerprint density at radius 2 is 2.14 bits per heavy atom. The van der Waals surface area contributed by atoms with Gasteiger partial charge in [0.25, 0.3) is 0 Å². The maximum atomic E-state index is 10.8. The molecule has 78 valence electrons. The van der Waals surface area contributed by atoms with Crippen LogP contribution in [-0.4, -0.2) is 6.29 Å². The zero-order valence-corrected chi connectivity index (χ0v) is 9.20. The molecule has 0 aromatic rings. The van der Waals surface area contributed by atoms with Gasteiger partial charge in [-0.3, -0.25) is 0 Å². The molecule has 1 fully saturated rings. The third-order valence-corrected chi connectivity index (χ3v) is 4.17. The summed E-state index contributed by atoms with van der Waals surface area (Å²) in [4.78, 5) is 10.8. The molecule has 0 N–H and O–H groups in total. The topological polar surface area (TPSA) is 17.1 Å². The summed E-state index contributed by atoms with van der Waals surface area (Å²) >= 11 is 0. The van der Waals surface area contributed by atoms with E-state index in [1.807, 2.05) is 0 Å². The molecule has 1 nitrogen and oxygen atoms in total. The Kier molecular flexibility index (Phi) is 2.50. The molecule has 1 heteroatoms. The third-order valence-electron chi connectivity index (χ3n) is 4.17. The highest BCUT2D eigenvalue weighted by atomic mass is 16.1. The van der Waals surface area contributed by atoms with Gasteiger partial charge in [0, 0.05) is 5.92 Å². The number of carbonyl (C=O) groups is 1. The summed E-state index contributed by atoms with van der Waals surface area (Å²) in [6, 6.07) is 0. The summed E-state index contributed by atoms with van der Waals surface area (Å²) in [6.45, 7) is 4.63. The first kappa shape index (κ1) is 9.95. The molecule has 3 unspecified atom stereocenters. The van der Waals surface area contributed by atoms with E-state index < -0.39 is 0 Å². The molecule has 0 aliphatic heterocycles. The van der Waals surface area contributed by atoms with Gasteiger partial charge >= 0.3 is 0 Å². The van der Waals surface area contributed by atoms with E-state index in [1.54, 1.807) is 0 Å². The lowest BCUT2D eigenvalue weighted by molar-refractivity contribution is -0.113. The Bertz CT molecular complexity index is 252. The van der Waals surface area contributed by atoms with Gasteiger partial charge in [0.1, 0.15) is 6.29 Å². The fourth-order valence-electron chi connectivity index (χ4n) is 3.25. The Labute approximate surface area is 86.6 Å². The van der Waals surface area contributed by atoms with Crippen molar-refractivity contribution in [2.45, 2.75) is 39.5 Å². The number of carbonyl (C=O) groups excluding carboxylic acids is 1. The molecule has 14 heavy (non-hydrogen) atoms. The van der Waals surface area contributed by atoms with Gasteiger partial charge in [0.15, 0.2) is 0 Å². The van der Waals surface area contributed by atoms with Crippen LogP contribution in [0.2, 0.25) is 0 Å². The minimum atomic E-state index is 0.310. The summed E-state index contributed by atoms with van der Waals surface area (Å²) in [5.74, 6) is 1.91. The maximum Gasteiger partial charge on any atom is 0.123 e. The predicted molar refractivity (Wildman–Crippen MR) is 57.9 cm³/mol. The first-order valence-corrected chi connectivity index (χ1v) is 5.76. The molecule has 0 aromatic heterocycles. The number of allylic oxidation sites excluding steroid dienone is 2. The largest absolute Gasteiger partial charge is 0.303 e. The zero-order valence-electron chi connectivity index (χ0n) is 9.20. The summed E-state index contributed by atoms with van der Waals surface area (Å²) < 4.78 is 0. The van der Waals surface area contributed by atoms with Crippen LogP contribution in [0.4, 0.5) is 0 Å². The molecule has 2 aliphatic carbocycles. The quantitative estimate of drug-likeness (QED) is 0.460. The number of aldehydes is 1. The number of rotatable bonds is 1. The smallest absolute Gasteiger partial charge is 0.123 e. The highest BCUT2D eigenvalue weighted by Gasteiger charge is 2.39. The molecule has 0 radical (unpaired) electrons. The van der Waals surface area contributed by atoms with Crippen LogP contribution in [0.15, 0.2) is 12.2 Å². The Hall–Kier alpha value is -0.590. The van der Waals surface area contributed by atoms with Gasteiger partial charge in [0.05, 0.1) is 0 Å². The van der Waals surface area contributed by atoms with E-state index in [0.29, 0.717) is 11.3 Å². The van der Waals surface area contributed by atoms with E-state index in [0.717, 1.165) is 24.7 Å². The van der Waals surface area contributed by atoms with Crippen LogP contribution >= 0.6 is 0 Å². The SMILES string of the molecule is CC1(C)C=CCC2CCC(C=O)CC21. The van der Waals surface area contributed by atoms with Crippen LogP contribution in [-0.2, 0) is 4.79 Å². The molecule has 0 aromatic carbocycles. The third kappa shape index (κ3) is 1.65. The molecular weight excluding hydrogens is 172 g/mol. The molecule has 2 rings (SSSR count). The number of fused-ring (bicyclic) bond motifs is 1. The molecular formula is C13H20O. The van der Waals surface area contributed by atoms with Crippen molar-refractivity contribution in [3.8, 4) is 0 Å². The fraction of sp³-hybridized carbons (Fsp3) is 0.769. The summed E-state index contributed by atoms with van der Waals surface area (Å²) in [6.07, 6.45) is 10.6. The summed E-state index contributed by atoms with van der Waals surface area (Å²) in [7, 11) is 0. The van der Waals surface area contributed by atoms with Gasteiger partial charge in [-0.25, -0.2) is 0 Å². The van der Waals surface area contributed by atoms with E-state index in [4.69, 9.17) is 0 Å². The minimum absolute atomic E-state index is 0.310. The van der Waals surface area contributed by atoms with Gasteiger partial charge < -0.3 is 4.79 Å². The van der Waals surface area contributed by atoms with Gasteiger partial charge in [-0.1, -0.05) is 26.0 Å². The van der Waals surface area contributed by atoms with Crippen LogP contribution in [0.25, 0.3) is 0 Å². The van der Waals surface area contributed by atoms with Crippen LogP contribution in [0.5, 0.6) is 0 Å². The van der Waals surface area contributed by atoms with Crippen LogP contribution in [0.3, 0.4) is 0 Å². The van der Waals surface area contributed by atoms with Gasteiger partial charge in [0.2, 0.25) is 0 Å². The van der Waals surface area contributed by atoms with Crippen molar-refractivity contribution in [2.75, 3.05) is 0 Å². The lowest BCUT2D eigenvalue weighted by atomic mass is 9.60. The molecule has 0 heterocycles. The molecule has 0 amide bonds. The van der Waals surface area contributed by atoms with Gasteiger partial charge in [-0.15, -0.1) is 0 Å². The van der Waals surface area contributed by atoms with Crippen molar-refractivity contribution in [3.63, 3.8) is 0 Å². The summed E-state index contributed by atoms with van der Waals surface area (Å²) in [5.41, 5.74) is 0.310.